The quantitative estimate of drug-likeness (QED) is 0.236. The van der Waals surface area contributed by atoms with Crippen molar-refractivity contribution < 1.29 is 9.47 Å². The second-order valence-electron chi connectivity index (χ2n) is 9.74. The Morgan fingerprint density at radius 1 is 0.806 bits per heavy atom. The fourth-order valence-corrected chi connectivity index (χ4v) is 4.79. The standard InChI is InChI=1S/C30H38N4O2/c1-20(2)34(21(3)4)16-10-9-15-31-30-25-18-27(35-5)28(36-6)19-26(25)32-29(33-30)24-14-13-22-11-7-8-12-23(22)17-24/h7-8,11-14,17-21H,9-10,15-16H2,1-6H3,(H,31,32,33). The average Bonchev–Trinajstić information content (AvgIpc) is 2.88. The Morgan fingerprint density at radius 3 is 2.19 bits per heavy atom. The lowest BCUT2D eigenvalue weighted by atomic mass is 10.1. The van der Waals surface area contributed by atoms with Crippen molar-refractivity contribution in [3.63, 3.8) is 0 Å². The summed E-state index contributed by atoms with van der Waals surface area (Å²) >= 11 is 0. The molecular formula is C30H38N4O2. The third kappa shape index (κ3) is 5.71. The lowest BCUT2D eigenvalue weighted by molar-refractivity contribution is 0.172. The fourth-order valence-electron chi connectivity index (χ4n) is 4.79. The van der Waals surface area contributed by atoms with Crippen molar-refractivity contribution >= 4 is 27.5 Å². The van der Waals surface area contributed by atoms with Gasteiger partial charge in [0.1, 0.15) is 5.82 Å². The van der Waals surface area contributed by atoms with Gasteiger partial charge in [-0.15, -0.1) is 0 Å². The zero-order valence-electron chi connectivity index (χ0n) is 22.3. The van der Waals surface area contributed by atoms with Crippen LogP contribution in [0.2, 0.25) is 0 Å². The first-order valence-corrected chi connectivity index (χ1v) is 12.8. The molecule has 0 fully saturated rings. The Kier molecular flexibility index (Phi) is 8.26. The van der Waals surface area contributed by atoms with Crippen LogP contribution < -0.4 is 14.8 Å². The van der Waals surface area contributed by atoms with Gasteiger partial charge in [0.25, 0.3) is 0 Å². The van der Waals surface area contributed by atoms with E-state index in [0.717, 1.165) is 48.2 Å². The molecule has 0 atom stereocenters. The lowest BCUT2D eigenvalue weighted by Crippen LogP contribution is -2.37. The Hall–Kier alpha value is -3.38. The molecule has 0 unspecified atom stereocenters. The highest BCUT2D eigenvalue weighted by Gasteiger charge is 2.15. The number of hydrogen-bond donors (Lipinski definition) is 1. The molecule has 0 aliphatic rings. The van der Waals surface area contributed by atoms with Gasteiger partial charge in [-0.3, -0.25) is 4.90 Å². The van der Waals surface area contributed by atoms with Crippen molar-refractivity contribution in [3.8, 4) is 22.9 Å². The van der Waals surface area contributed by atoms with Crippen molar-refractivity contribution in [3.05, 3.63) is 54.6 Å². The van der Waals surface area contributed by atoms with E-state index >= 15 is 0 Å². The third-order valence-corrected chi connectivity index (χ3v) is 6.67. The van der Waals surface area contributed by atoms with Crippen molar-refractivity contribution in [1.82, 2.24) is 14.9 Å². The molecule has 0 amide bonds. The first-order valence-electron chi connectivity index (χ1n) is 12.8. The molecule has 36 heavy (non-hydrogen) atoms. The van der Waals surface area contributed by atoms with Gasteiger partial charge in [0.15, 0.2) is 17.3 Å². The van der Waals surface area contributed by atoms with Crippen molar-refractivity contribution in [2.24, 2.45) is 0 Å². The van der Waals surface area contributed by atoms with Crippen LogP contribution >= 0.6 is 0 Å². The minimum Gasteiger partial charge on any atom is -0.493 e. The number of benzene rings is 3. The van der Waals surface area contributed by atoms with Gasteiger partial charge in [-0.2, -0.15) is 0 Å². The van der Waals surface area contributed by atoms with Crippen LogP contribution in [0.25, 0.3) is 33.1 Å². The molecule has 0 bridgehead atoms. The highest BCUT2D eigenvalue weighted by Crippen LogP contribution is 2.35. The van der Waals surface area contributed by atoms with Gasteiger partial charge in [-0.05, 0) is 70.0 Å². The Bertz CT molecular complexity index is 1310. The summed E-state index contributed by atoms with van der Waals surface area (Å²) < 4.78 is 11.1. The van der Waals surface area contributed by atoms with Gasteiger partial charge in [-0.1, -0.05) is 36.4 Å². The molecule has 0 saturated carbocycles. The molecule has 0 aliphatic heterocycles. The average molecular weight is 487 g/mol. The number of methoxy groups -OCH3 is 2. The molecule has 0 radical (unpaired) electrons. The minimum atomic E-state index is 0.552. The van der Waals surface area contributed by atoms with Gasteiger partial charge in [0.2, 0.25) is 0 Å². The monoisotopic (exact) mass is 486 g/mol. The SMILES string of the molecule is COc1cc2nc(-c3ccc4ccccc4c3)nc(NCCCCN(C(C)C)C(C)C)c2cc1OC. The van der Waals surface area contributed by atoms with Gasteiger partial charge >= 0.3 is 0 Å². The van der Waals surface area contributed by atoms with E-state index in [9.17, 15) is 0 Å². The zero-order chi connectivity index (χ0) is 25.7. The molecule has 4 aromatic rings. The normalized spacial score (nSPS) is 11.7. The van der Waals surface area contributed by atoms with Crippen LogP contribution in [0, 0.1) is 0 Å². The summed E-state index contributed by atoms with van der Waals surface area (Å²) in [6, 6.07) is 19.7. The van der Waals surface area contributed by atoms with E-state index in [1.165, 1.54) is 10.8 Å². The van der Waals surface area contributed by atoms with Gasteiger partial charge < -0.3 is 14.8 Å². The number of anilines is 1. The predicted molar refractivity (Wildman–Crippen MR) is 150 cm³/mol. The second-order valence-corrected chi connectivity index (χ2v) is 9.74. The Labute approximate surface area is 214 Å². The molecule has 0 aliphatic carbocycles. The molecule has 1 heterocycles. The van der Waals surface area contributed by atoms with Crippen molar-refractivity contribution in [1.29, 1.82) is 0 Å². The molecule has 3 aromatic carbocycles. The number of unbranched alkanes of at least 4 members (excludes halogenated alkanes) is 1. The first-order chi connectivity index (χ1) is 17.4. The van der Waals surface area contributed by atoms with Crippen LogP contribution in [0.1, 0.15) is 40.5 Å². The number of aromatic nitrogens is 2. The summed E-state index contributed by atoms with van der Waals surface area (Å²) in [5, 5.41) is 6.87. The molecule has 4 rings (SSSR count). The number of rotatable bonds is 11. The van der Waals surface area contributed by atoms with E-state index in [2.05, 4.69) is 80.4 Å². The van der Waals surface area contributed by atoms with Crippen LogP contribution in [0.4, 0.5) is 5.82 Å². The maximum Gasteiger partial charge on any atom is 0.162 e. The maximum atomic E-state index is 5.56. The molecule has 0 spiro atoms. The van der Waals surface area contributed by atoms with E-state index in [1.807, 2.05) is 12.1 Å². The van der Waals surface area contributed by atoms with Crippen LogP contribution in [-0.2, 0) is 0 Å². The number of ether oxygens (including phenoxy) is 2. The lowest BCUT2D eigenvalue weighted by Gasteiger charge is -2.30. The zero-order valence-corrected chi connectivity index (χ0v) is 22.3. The van der Waals surface area contributed by atoms with E-state index in [1.54, 1.807) is 14.2 Å². The van der Waals surface area contributed by atoms with E-state index < -0.39 is 0 Å². The van der Waals surface area contributed by atoms with Crippen LogP contribution in [-0.4, -0.2) is 54.3 Å². The van der Waals surface area contributed by atoms with Crippen molar-refractivity contribution in [2.45, 2.75) is 52.6 Å². The molecule has 1 N–H and O–H groups in total. The van der Waals surface area contributed by atoms with Gasteiger partial charge in [0, 0.05) is 35.6 Å². The van der Waals surface area contributed by atoms with Gasteiger partial charge in [0.05, 0.1) is 19.7 Å². The number of fused-ring (bicyclic) bond motifs is 2. The third-order valence-electron chi connectivity index (χ3n) is 6.67. The molecule has 1 aromatic heterocycles. The summed E-state index contributed by atoms with van der Waals surface area (Å²) in [5.41, 5.74) is 1.80. The molecular weight excluding hydrogens is 448 g/mol. The highest BCUT2D eigenvalue weighted by atomic mass is 16.5. The van der Waals surface area contributed by atoms with Crippen molar-refractivity contribution in [2.75, 3.05) is 32.6 Å². The Balaban J connectivity index is 1.63. The summed E-state index contributed by atoms with van der Waals surface area (Å²) in [7, 11) is 3.29. The smallest absolute Gasteiger partial charge is 0.162 e. The number of nitrogens with zero attached hydrogens (tertiary/aromatic N) is 3. The van der Waals surface area contributed by atoms with E-state index in [4.69, 9.17) is 19.4 Å². The largest absolute Gasteiger partial charge is 0.493 e. The maximum absolute atomic E-state index is 5.56. The summed E-state index contributed by atoms with van der Waals surface area (Å²) in [6.07, 6.45) is 2.18. The summed E-state index contributed by atoms with van der Waals surface area (Å²) in [5.74, 6) is 2.82. The number of hydrogen-bond acceptors (Lipinski definition) is 6. The van der Waals surface area contributed by atoms with Crippen LogP contribution in [0.3, 0.4) is 0 Å². The second kappa shape index (κ2) is 11.6. The topological polar surface area (TPSA) is 59.5 Å². The molecule has 0 saturated heterocycles. The summed E-state index contributed by atoms with van der Waals surface area (Å²) in [4.78, 5) is 12.4. The van der Waals surface area contributed by atoms with Crippen LogP contribution in [0.15, 0.2) is 54.6 Å². The molecule has 6 heteroatoms. The predicted octanol–water partition coefficient (Wildman–Crippen LogP) is 6.78. The molecule has 190 valence electrons. The van der Waals surface area contributed by atoms with Crippen LogP contribution in [0.5, 0.6) is 11.5 Å². The van der Waals surface area contributed by atoms with E-state index in [-0.39, 0.29) is 0 Å². The number of nitrogens with one attached hydrogen (secondary N) is 1. The molecule has 6 nitrogen and oxygen atoms in total. The Morgan fingerprint density at radius 2 is 1.50 bits per heavy atom. The minimum absolute atomic E-state index is 0.552. The highest BCUT2D eigenvalue weighted by molar-refractivity contribution is 5.94. The van der Waals surface area contributed by atoms with Gasteiger partial charge in [-0.25, -0.2) is 9.97 Å². The first kappa shape index (κ1) is 25.7. The summed E-state index contributed by atoms with van der Waals surface area (Å²) in [6.45, 7) is 11.0. The van der Waals surface area contributed by atoms with E-state index in [0.29, 0.717) is 29.4 Å². The fraction of sp³-hybridized carbons (Fsp3) is 0.400.